The highest BCUT2D eigenvalue weighted by Crippen LogP contribution is 2.11. The number of methoxy groups -OCH3 is 1. The van der Waals surface area contributed by atoms with Gasteiger partial charge in [0.1, 0.15) is 0 Å². The van der Waals surface area contributed by atoms with E-state index in [1.807, 2.05) is 0 Å². The molecule has 0 spiro atoms. The van der Waals surface area contributed by atoms with E-state index < -0.39 is 0 Å². The maximum atomic E-state index is 5.08. The Kier molecular flexibility index (Phi) is 6.39. The van der Waals surface area contributed by atoms with Gasteiger partial charge < -0.3 is 9.64 Å². The van der Waals surface area contributed by atoms with Gasteiger partial charge in [-0.05, 0) is 32.9 Å². The van der Waals surface area contributed by atoms with Gasteiger partial charge in [0.2, 0.25) is 0 Å². The van der Waals surface area contributed by atoms with E-state index >= 15 is 0 Å². The predicted octanol–water partition coefficient (Wildman–Crippen LogP) is 2.00. The molecule has 12 heavy (non-hydrogen) atoms. The lowest BCUT2D eigenvalue weighted by atomic mass is 10.0. The second-order valence-corrected chi connectivity index (χ2v) is 4.03. The Hall–Kier alpha value is -0.0800. The van der Waals surface area contributed by atoms with Crippen LogP contribution in [-0.4, -0.2) is 38.8 Å². The first-order chi connectivity index (χ1) is 5.57. The fourth-order valence-corrected chi connectivity index (χ4v) is 1.38. The van der Waals surface area contributed by atoms with Crippen LogP contribution < -0.4 is 0 Å². The average Bonchev–Trinajstić information content (AvgIpc) is 1.96. The Labute approximate surface area is 76.9 Å². The van der Waals surface area contributed by atoms with E-state index in [2.05, 4.69) is 32.8 Å². The maximum absolute atomic E-state index is 5.08. The van der Waals surface area contributed by atoms with E-state index in [4.69, 9.17) is 4.74 Å². The number of hydrogen-bond donors (Lipinski definition) is 0. The van der Waals surface area contributed by atoms with Gasteiger partial charge in [-0.1, -0.05) is 13.8 Å². The monoisotopic (exact) mass is 173 g/mol. The smallest absolute Gasteiger partial charge is 0.0477 e. The van der Waals surface area contributed by atoms with Crippen LogP contribution in [0.3, 0.4) is 0 Å². The summed E-state index contributed by atoms with van der Waals surface area (Å²) in [7, 11) is 6.05. The molecule has 0 fully saturated rings. The lowest BCUT2D eigenvalue weighted by molar-refractivity contribution is 0.148. The Morgan fingerprint density at radius 1 is 1.25 bits per heavy atom. The third-order valence-corrected chi connectivity index (χ3v) is 2.13. The van der Waals surface area contributed by atoms with Gasteiger partial charge in [0, 0.05) is 19.8 Å². The van der Waals surface area contributed by atoms with Crippen LogP contribution in [-0.2, 0) is 4.74 Å². The second kappa shape index (κ2) is 6.44. The first-order valence-corrected chi connectivity index (χ1v) is 4.73. The van der Waals surface area contributed by atoms with Crippen molar-refractivity contribution in [3.63, 3.8) is 0 Å². The summed E-state index contributed by atoms with van der Waals surface area (Å²) in [5.74, 6) is 0.772. The van der Waals surface area contributed by atoms with Crippen molar-refractivity contribution < 1.29 is 4.74 Å². The zero-order chi connectivity index (χ0) is 9.56. The molecule has 0 aliphatic rings. The molecule has 2 nitrogen and oxygen atoms in total. The van der Waals surface area contributed by atoms with Gasteiger partial charge >= 0.3 is 0 Å². The van der Waals surface area contributed by atoms with E-state index in [0.717, 1.165) is 18.9 Å². The van der Waals surface area contributed by atoms with Gasteiger partial charge in [-0.3, -0.25) is 0 Å². The predicted molar refractivity (Wildman–Crippen MR) is 53.4 cm³/mol. The van der Waals surface area contributed by atoms with Crippen LogP contribution in [0.5, 0.6) is 0 Å². The normalized spacial score (nSPS) is 14.2. The molecule has 0 aromatic carbocycles. The molecule has 1 atom stereocenters. The molecule has 0 saturated heterocycles. The summed E-state index contributed by atoms with van der Waals surface area (Å²) in [6, 6.07) is 0.671. The first-order valence-electron chi connectivity index (χ1n) is 4.73. The van der Waals surface area contributed by atoms with Crippen molar-refractivity contribution in [3.05, 3.63) is 0 Å². The van der Waals surface area contributed by atoms with Gasteiger partial charge in [-0.25, -0.2) is 0 Å². The summed E-state index contributed by atoms with van der Waals surface area (Å²) in [5, 5.41) is 0. The summed E-state index contributed by atoms with van der Waals surface area (Å²) in [6.07, 6.45) is 2.40. The molecule has 0 aromatic heterocycles. The number of ether oxygens (including phenoxy) is 1. The molecule has 2 heteroatoms. The lowest BCUT2D eigenvalue weighted by Gasteiger charge is -2.25. The van der Waals surface area contributed by atoms with Crippen molar-refractivity contribution in [1.29, 1.82) is 0 Å². The first kappa shape index (κ1) is 11.9. The van der Waals surface area contributed by atoms with E-state index in [9.17, 15) is 0 Å². The SMILES string of the molecule is COCCC(CC(C)C)N(C)C. The fourth-order valence-electron chi connectivity index (χ4n) is 1.38. The van der Waals surface area contributed by atoms with E-state index in [1.165, 1.54) is 6.42 Å². The van der Waals surface area contributed by atoms with Crippen LogP contribution in [0.1, 0.15) is 26.7 Å². The molecule has 0 saturated carbocycles. The van der Waals surface area contributed by atoms with Crippen molar-refractivity contribution in [2.24, 2.45) is 5.92 Å². The van der Waals surface area contributed by atoms with Gasteiger partial charge in [0.05, 0.1) is 0 Å². The molecule has 0 aliphatic heterocycles. The number of hydrogen-bond acceptors (Lipinski definition) is 2. The summed E-state index contributed by atoms with van der Waals surface area (Å²) in [5.41, 5.74) is 0. The highest BCUT2D eigenvalue weighted by molar-refractivity contribution is 4.67. The molecule has 0 amide bonds. The standard InChI is InChI=1S/C10H23NO/c1-9(2)8-10(11(3)4)6-7-12-5/h9-10H,6-8H2,1-5H3. The lowest BCUT2D eigenvalue weighted by Crippen LogP contribution is -2.30. The van der Waals surface area contributed by atoms with E-state index in [-0.39, 0.29) is 0 Å². The molecule has 0 heterocycles. The summed E-state index contributed by atoms with van der Waals surface area (Å²) in [6.45, 7) is 5.40. The minimum absolute atomic E-state index is 0.671. The van der Waals surface area contributed by atoms with Crippen molar-refractivity contribution in [3.8, 4) is 0 Å². The fraction of sp³-hybridized carbons (Fsp3) is 1.00. The molecule has 1 unspecified atom stereocenters. The molecular formula is C10H23NO. The molecule has 0 aromatic rings. The quantitative estimate of drug-likeness (QED) is 0.609. The summed E-state index contributed by atoms with van der Waals surface area (Å²) < 4.78 is 5.08. The molecule has 0 aliphatic carbocycles. The molecule has 0 N–H and O–H groups in total. The second-order valence-electron chi connectivity index (χ2n) is 4.03. The van der Waals surface area contributed by atoms with Crippen LogP contribution in [0.25, 0.3) is 0 Å². The minimum Gasteiger partial charge on any atom is -0.385 e. The van der Waals surface area contributed by atoms with E-state index in [0.29, 0.717) is 6.04 Å². The number of nitrogens with zero attached hydrogens (tertiary/aromatic N) is 1. The Balaban J connectivity index is 3.70. The third-order valence-electron chi connectivity index (χ3n) is 2.13. The van der Waals surface area contributed by atoms with Crippen LogP contribution in [0.4, 0.5) is 0 Å². The Bertz CT molecular complexity index is 102. The zero-order valence-electron chi connectivity index (χ0n) is 9.13. The maximum Gasteiger partial charge on any atom is 0.0477 e. The third kappa shape index (κ3) is 5.56. The molecule has 0 bridgehead atoms. The largest absolute Gasteiger partial charge is 0.385 e. The minimum atomic E-state index is 0.671. The van der Waals surface area contributed by atoms with E-state index in [1.54, 1.807) is 7.11 Å². The van der Waals surface area contributed by atoms with Gasteiger partial charge in [-0.15, -0.1) is 0 Å². The summed E-state index contributed by atoms with van der Waals surface area (Å²) in [4.78, 5) is 2.29. The summed E-state index contributed by atoms with van der Waals surface area (Å²) >= 11 is 0. The van der Waals surface area contributed by atoms with Gasteiger partial charge in [-0.2, -0.15) is 0 Å². The highest BCUT2D eigenvalue weighted by Gasteiger charge is 2.12. The van der Waals surface area contributed by atoms with Crippen LogP contribution >= 0.6 is 0 Å². The van der Waals surface area contributed by atoms with Gasteiger partial charge in [0.15, 0.2) is 0 Å². The molecule has 0 rings (SSSR count). The van der Waals surface area contributed by atoms with Crippen molar-refractivity contribution in [1.82, 2.24) is 4.90 Å². The Morgan fingerprint density at radius 3 is 2.17 bits per heavy atom. The highest BCUT2D eigenvalue weighted by atomic mass is 16.5. The van der Waals surface area contributed by atoms with Crippen LogP contribution in [0.2, 0.25) is 0 Å². The molecule has 0 radical (unpaired) electrons. The molecule has 74 valence electrons. The van der Waals surface area contributed by atoms with Gasteiger partial charge in [0.25, 0.3) is 0 Å². The number of rotatable bonds is 6. The van der Waals surface area contributed by atoms with Crippen molar-refractivity contribution in [2.75, 3.05) is 27.8 Å². The van der Waals surface area contributed by atoms with Crippen LogP contribution in [0.15, 0.2) is 0 Å². The topological polar surface area (TPSA) is 12.5 Å². The van der Waals surface area contributed by atoms with Crippen LogP contribution in [0, 0.1) is 5.92 Å². The average molecular weight is 173 g/mol. The Morgan fingerprint density at radius 2 is 1.83 bits per heavy atom. The van der Waals surface area contributed by atoms with Crippen molar-refractivity contribution >= 4 is 0 Å². The molecular weight excluding hydrogens is 150 g/mol. The van der Waals surface area contributed by atoms with Crippen molar-refractivity contribution in [2.45, 2.75) is 32.7 Å². The zero-order valence-corrected chi connectivity index (χ0v) is 9.13.